The third-order valence-electron chi connectivity index (χ3n) is 5.23. The molecular weight excluding hydrogens is 412 g/mol. The van der Waals surface area contributed by atoms with Gasteiger partial charge in [-0.1, -0.05) is 12.1 Å². The Labute approximate surface area is 184 Å². The minimum absolute atomic E-state index is 0.0179. The van der Waals surface area contributed by atoms with Crippen LogP contribution in [0.5, 0.6) is 0 Å². The van der Waals surface area contributed by atoms with E-state index in [0.29, 0.717) is 35.4 Å². The Hall–Kier alpha value is -3.85. The van der Waals surface area contributed by atoms with Crippen molar-refractivity contribution in [1.29, 1.82) is 0 Å². The van der Waals surface area contributed by atoms with E-state index in [1.807, 2.05) is 6.07 Å². The minimum Gasteiger partial charge on any atom is -0.383 e. The number of non-ortho nitro benzene ring substituents is 1. The molecule has 1 aromatic heterocycles. The molecule has 0 radical (unpaired) electrons. The Kier molecular flexibility index (Phi) is 7.11. The zero-order chi connectivity index (χ0) is 23.3. The topological polar surface area (TPSA) is 108 Å². The van der Waals surface area contributed by atoms with Gasteiger partial charge in [0.15, 0.2) is 0 Å². The summed E-state index contributed by atoms with van der Waals surface area (Å²) in [7, 11) is 3.19. The normalized spacial score (nSPS) is 12.2. The molecule has 3 aromatic rings. The molecule has 3 rings (SSSR count). The molecule has 0 fully saturated rings. The maximum absolute atomic E-state index is 13.0. The van der Waals surface area contributed by atoms with E-state index >= 15 is 0 Å². The van der Waals surface area contributed by atoms with Crippen molar-refractivity contribution in [2.45, 2.75) is 19.5 Å². The SMILES string of the molecule is COCCn1c(C(C)N(C)C(=O)/C=C/c2ccc([N+](=O)[O-])cc2)nc2ccccc2c1=O. The predicted molar refractivity (Wildman–Crippen MR) is 121 cm³/mol. The number of nitrogens with zero attached hydrogens (tertiary/aromatic N) is 4. The maximum atomic E-state index is 13.0. The van der Waals surface area contributed by atoms with Crippen molar-refractivity contribution in [3.63, 3.8) is 0 Å². The molecule has 1 heterocycles. The second-order valence-corrected chi connectivity index (χ2v) is 7.24. The number of benzene rings is 2. The number of aromatic nitrogens is 2. The van der Waals surface area contributed by atoms with Crippen LogP contribution in [0.2, 0.25) is 0 Å². The number of nitro groups is 1. The molecule has 0 saturated carbocycles. The van der Waals surface area contributed by atoms with Crippen molar-refractivity contribution < 1.29 is 14.5 Å². The van der Waals surface area contributed by atoms with E-state index in [1.54, 1.807) is 62.1 Å². The Morgan fingerprint density at radius 1 is 1.25 bits per heavy atom. The van der Waals surface area contributed by atoms with Gasteiger partial charge in [-0.2, -0.15) is 0 Å². The quantitative estimate of drug-likeness (QED) is 0.305. The lowest BCUT2D eigenvalue weighted by molar-refractivity contribution is -0.384. The number of ether oxygens (including phenoxy) is 1. The number of hydrogen-bond acceptors (Lipinski definition) is 6. The molecule has 0 aliphatic carbocycles. The van der Waals surface area contributed by atoms with Gasteiger partial charge in [0.05, 0.1) is 35.0 Å². The first-order chi connectivity index (χ1) is 15.3. The zero-order valence-electron chi connectivity index (χ0n) is 18.1. The van der Waals surface area contributed by atoms with Gasteiger partial charge < -0.3 is 9.64 Å². The summed E-state index contributed by atoms with van der Waals surface area (Å²) in [6.07, 6.45) is 2.97. The summed E-state index contributed by atoms with van der Waals surface area (Å²) < 4.78 is 6.69. The maximum Gasteiger partial charge on any atom is 0.269 e. The van der Waals surface area contributed by atoms with Gasteiger partial charge in [0.2, 0.25) is 5.91 Å². The van der Waals surface area contributed by atoms with Crippen LogP contribution in [0.4, 0.5) is 5.69 Å². The zero-order valence-corrected chi connectivity index (χ0v) is 18.1. The van der Waals surface area contributed by atoms with Gasteiger partial charge in [0.1, 0.15) is 5.82 Å². The summed E-state index contributed by atoms with van der Waals surface area (Å²) in [5.74, 6) is 0.168. The van der Waals surface area contributed by atoms with Gasteiger partial charge in [-0.25, -0.2) is 4.98 Å². The second-order valence-electron chi connectivity index (χ2n) is 7.24. The van der Waals surface area contributed by atoms with Gasteiger partial charge >= 0.3 is 0 Å². The number of fused-ring (bicyclic) bond motifs is 1. The van der Waals surface area contributed by atoms with Crippen molar-refractivity contribution in [2.24, 2.45) is 0 Å². The average molecular weight is 436 g/mol. The van der Waals surface area contributed by atoms with Crippen LogP contribution >= 0.6 is 0 Å². The van der Waals surface area contributed by atoms with Crippen molar-refractivity contribution >= 4 is 28.6 Å². The molecule has 9 heteroatoms. The molecule has 32 heavy (non-hydrogen) atoms. The smallest absolute Gasteiger partial charge is 0.269 e. The van der Waals surface area contributed by atoms with Crippen LogP contribution in [0.15, 0.2) is 59.4 Å². The number of methoxy groups -OCH3 is 1. The first-order valence-electron chi connectivity index (χ1n) is 10.0. The third kappa shape index (κ3) is 4.89. The number of carbonyl (C=O) groups is 1. The van der Waals surface area contributed by atoms with Gasteiger partial charge in [-0.15, -0.1) is 0 Å². The molecule has 1 unspecified atom stereocenters. The molecule has 0 N–H and O–H groups in total. The van der Waals surface area contributed by atoms with Gasteiger partial charge in [0.25, 0.3) is 11.2 Å². The number of hydrogen-bond donors (Lipinski definition) is 0. The molecule has 1 atom stereocenters. The molecule has 0 aliphatic heterocycles. The number of para-hydroxylation sites is 1. The first kappa shape index (κ1) is 22.8. The van der Waals surface area contributed by atoms with E-state index in [-0.39, 0.29) is 17.2 Å². The first-order valence-corrected chi connectivity index (χ1v) is 10.0. The van der Waals surface area contributed by atoms with Gasteiger partial charge in [0, 0.05) is 32.4 Å². The highest BCUT2D eigenvalue weighted by molar-refractivity contribution is 5.91. The van der Waals surface area contributed by atoms with Crippen LogP contribution in [0.1, 0.15) is 24.4 Å². The molecule has 0 saturated heterocycles. The number of nitro benzene ring substituents is 1. The largest absolute Gasteiger partial charge is 0.383 e. The Morgan fingerprint density at radius 3 is 2.59 bits per heavy atom. The fourth-order valence-corrected chi connectivity index (χ4v) is 3.26. The highest BCUT2D eigenvalue weighted by Crippen LogP contribution is 2.20. The van der Waals surface area contributed by atoms with Crippen LogP contribution in [-0.4, -0.2) is 46.0 Å². The minimum atomic E-state index is -0.488. The monoisotopic (exact) mass is 436 g/mol. The lowest BCUT2D eigenvalue weighted by Gasteiger charge is -2.26. The lowest BCUT2D eigenvalue weighted by atomic mass is 10.1. The molecule has 0 bridgehead atoms. The standard InChI is InChI=1S/C23H24N4O5/c1-16(25(2)21(28)13-10-17-8-11-18(12-9-17)27(30)31)22-24-20-7-5-4-6-19(20)23(29)26(22)14-15-32-3/h4-13,16H,14-15H2,1-3H3/b13-10+. The summed E-state index contributed by atoms with van der Waals surface area (Å²) >= 11 is 0. The van der Waals surface area contributed by atoms with Crippen LogP contribution in [0, 0.1) is 10.1 Å². The highest BCUT2D eigenvalue weighted by Gasteiger charge is 2.22. The summed E-state index contributed by atoms with van der Waals surface area (Å²) in [6, 6.07) is 12.5. The van der Waals surface area contributed by atoms with Crippen molar-refractivity contribution in [3.05, 3.63) is 86.5 Å². The van der Waals surface area contributed by atoms with Crippen LogP contribution < -0.4 is 5.56 Å². The molecule has 9 nitrogen and oxygen atoms in total. The van der Waals surface area contributed by atoms with E-state index in [2.05, 4.69) is 4.98 Å². The second kappa shape index (κ2) is 9.97. The molecule has 0 spiro atoms. The van der Waals surface area contributed by atoms with Gasteiger partial charge in [-0.05, 0) is 42.8 Å². The Bertz CT molecular complexity index is 1220. The predicted octanol–water partition coefficient (Wildman–Crippen LogP) is 3.18. The van der Waals surface area contributed by atoms with E-state index in [4.69, 9.17) is 4.74 Å². The van der Waals surface area contributed by atoms with Crippen molar-refractivity contribution in [3.8, 4) is 0 Å². The highest BCUT2D eigenvalue weighted by atomic mass is 16.6. The summed E-state index contributed by atoms with van der Waals surface area (Å²) in [4.78, 5) is 42.2. The number of likely N-dealkylation sites (N-methyl/N-ethyl adjacent to an activating group) is 1. The van der Waals surface area contributed by atoms with E-state index in [1.165, 1.54) is 23.1 Å². The molecule has 166 valence electrons. The van der Waals surface area contributed by atoms with Crippen LogP contribution in [0.25, 0.3) is 17.0 Å². The van der Waals surface area contributed by atoms with Crippen molar-refractivity contribution in [2.75, 3.05) is 20.8 Å². The fraction of sp³-hybridized carbons (Fsp3) is 0.261. The average Bonchev–Trinajstić information content (AvgIpc) is 2.81. The third-order valence-corrected chi connectivity index (χ3v) is 5.23. The molecule has 1 amide bonds. The van der Waals surface area contributed by atoms with Crippen molar-refractivity contribution in [1.82, 2.24) is 14.5 Å². The number of rotatable bonds is 8. The van der Waals surface area contributed by atoms with Crippen LogP contribution in [0.3, 0.4) is 0 Å². The van der Waals surface area contributed by atoms with Crippen LogP contribution in [-0.2, 0) is 16.1 Å². The fourth-order valence-electron chi connectivity index (χ4n) is 3.26. The molecule has 0 aliphatic rings. The summed E-state index contributed by atoms with van der Waals surface area (Å²) in [5, 5.41) is 11.3. The number of amides is 1. The van der Waals surface area contributed by atoms with E-state index < -0.39 is 11.0 Å². The molecule has 2 aromatic carbocycles. The Morgan fingerprint density at radius 2 is 1.94 bits per heavy atom. The van der Waals surface area contributed by atoms with Gasteiger partial charge in [-0.3, -0.25) is 24.3 Å². The summed E-state index contributed by atoms with van der Waals surface area (Å²) in [5.41, 5.74) is 1.02. The molecular formula is C23H24N4O5. The van der Waals surface area contributed by atoms with E-state index in [9.17, 15) is 19.7 Å². The Balaban J connectivity index is 1.88. The number of carbonyl (C=O) groups excluding carboxylic acids is 1. The summed E-state index contributed by atoms with van der Waals surface area (Å²) in [6.45, 7) is 2.45. The van der Waals surface area contributed by atoms with E-state index in [0.717, 1.165) is 0 Å². The lowest BCUT2D eigenvalue weighted by Crippen LogP contribution is -2.35.